The first-order valence-corrected chi connectivity index (χ1v) is 9.78. The van der Waals surface area contributed by atoms with Crippen molar-refractivity contribution < 1.29 is 13.9 Å². The minimum Gasteiger partial charge on any atom is -0.434 e. The molecule has 0 saturated heterocycles. The highest BCUT2D eigenvalue weighted by molar-refractivity contribution is 6.02. The highest BCUT2D eigenvalue weighted by Crippen LogP contribution is 2.34. The number of aromatic nitrogens is 1. The van der Waals surface area contributed by atoms with E-state index in [2.05, 4.69) is 28.5 Å². The van der Waals surface area contributed by atoms with Crippen molar-refractivity contribution in [1.29, 1.82) is 5.26 Å². The van der Waals surface area contributed by atoms with Gasteiger partial charge in [-0.1, -0.05) is 12.2 Å². The van der Waals surface area contributed by atoms with Crippen molar-refractivity contribution in [2.75, 3.05) is 18.4 Å². The van der Waals surface area contributed by atoms with Crippen LogP contribution in [0, 0.1) is 17.1 Å². The number of rotatable bonds is 7. The van der Waals surface area contributed by atoms with Crippen LogP contribution in [0.4, 0.5) is 10.1 Å². The zero-order chi connectivity index (χ0) is 23.1. The fourth-order valence-corrected chi connectivity index (χ4v) is 3.11. The molecule has 1 amide bonds. The fourth-order valence-electron chi connectivity index (χ4n) is 3.11. The van der Waals surface area contributed by atoms with Gasteiger partial charge in [0.2, 0.25) is 0 Å². The van der Waals surface area contributed by atoms with Crippen molar-refractivity contribution in [2.24, 2.45) is 4.99 Å². The molecule has 2 heterocycles. The van der Waals surface area contributed by atoms with Gasteiger partial charge in [0.1, 0.15) is 23.1 Å². The molecule has 8 heteroatoms. The number of nitrogens with one attached hydrogen (secondary N) is 1. The number of nitriles is 1. The average molecular weight is 431 g/mol. The number of hydrogen-bond acceptors (Lipinski definition) is 6. The Balaban J connectivity index is 1.89. The summed E-state index contributed by atoms with van der Waals surface area (Å²) in [6, 6.07) is 9.46. The third kappa shape index (κ3) is 4.90. The van der Waals surface area contributed by atoms with Crippen LogP contribution in [0.5, 0.6) is 0 Å². The van der Waals surface area contributed by atoms with Gasteiger partial charge < -0.3 is 15.0 Å². The number of amidine groups is 1. The molecular formula is C24H22FN5O2. The summed E-state index contributed by atoms with van der Waals surface area (Å²) in [5.74, 6) is -0.956. The predicted molar refractivity (Wildman–Crippen MR) is 120 cm³/mol. The second-order valence-corrected chi connectivity index (χ2v) is 7.14. The van der Waals surface area contributed by atoms with Gasteiger partial charge in [-0.2, -0.15) is 5.26 Å². The first kappa shape index (κ1) is 22.4. The molecule has 32 heavy (non-hydrogen) atoms. The van der Waals surface area contributed by atoms with Gasteiger partial charge >= 0.3 is 0 Å². The third-order valence-electron chi connectivity index (χ3n) is 4.76. The van der Waals surface area contributed by atoms with Crippen LogP contribution in [0.1, 0.15) is 28.5 Å². The van der Waals surface area contributed by atoms with Crippen LogP contribution in [-0.2, 0) is 10.3 Å². The molecule has 2 aromatic rings. The van der Waals surface area contributed by atoms with Gasteiger partial charge in [0.05, 0.1) is 11.8 Å². The van der Waals surface area contributed by atoms with Gasteiger partial charge in [0.25, 0.3) is 11.9 Å². The fraction of sp³-hybridized carbons (Fsp3) is 0.167. The van der Waals surface area contributed by atoms with Crippen molar-refractivity contribution in [2.45, 2.75) is 12.5 Å². The summed E-state index contributed by atoms with van der Waals surface area (Å²) in [5, 5.41) is 11.6. The second-order valence-electron chi connectivity index (χ2n) is 7.14. The van der Waals surface area contributed by atoms with Gasteiger partial charge in [-0.05, 0) is 43.3 Å². The molecule has 7 nitrogen and oxygen atoms in total. The number of pyridine rings is 1. The van der Waals surface area contributed by atoms with E-state index < -0.39 is 17.3 Å². The molecule has 1 atom stereocenters. The van der Waals surface area contributed by atoms with E-state index in [1.807, 2.05) is 11.0 Å². The van der Waals surface area contributed by atoms with Crippen molar-refractivity contribution in [3.8, 4) is 6.07 Å². The maximum Gasteiger partial charge on any atom is 0.294 e. The molecule has 0 spiro atoms. The molecule has 0 radical (unpaired) electrons. The summed E-state index contributed by atoms with van der Waals surface area (Å²) in [6.07, 6.45) is 7.83. The standard InChI is InChI=1S/C24H22FN5O2/c1-4-11-30(12-5-2)23-29-24(3,10-13-32-23)19-14-18(7-8-20(19)25)28-22(31)21-9-6-17(15-26)16-27-21/h4-10,13-14,16H,1-2,11-12H2,3H3,(H,28,31)/t24-/m0/s1. The molecule has 162 valence electrons. The summed E-state index contributed by atoms with van der Waals surface area (Å²) < 4.78 is 20.4. The molecular weight excluding hydrogens is 409 g/mol. The van der Waals surface area contributed by atoms with E-state index in [1.165, 1.54) is 42.8 Å². The number of nitrogens with zero attached hydrogens (tertiary/aromatic N) is 4. The Hall–Kier alpha value is -4.25. The Morgan fingerprint density at radius 1 is 1.31 bits per heavy atom. The van der Waals surface area contributed by atoms with Crippen LogP contribution in [-0.4, -0.2) is 34.9 Å². The molecule has 1 aromatic carbocycles. The van der Waals surface area contributed by atoms with Gasteiger partial charge in [0, 0.05) is 30.5 Å². The third-order valence-corrected chi connectivity index (χ3v) is 4.76. The Kier molecular flexibility index (Phi) is 6.80. The molecule has 0 aliphatic carbocycles. The van der Waals surface area contributed by atoms with Gasteiger partial charge in [-0.15, -0.1) is 13.2 Å². The summed E-state index contributed by atoms with van der Waals surface area (Å²) in [7, 11) is 0. The van der Waals surface area contributed by atoms with Crippen LogP contribution < -0.4 is 5.32 Å². The van der Waals surface area contributed by atoms with E-state index in [9.17, 15) is 9.18 Å². The van der Waals surface area contributed by atoms with Crippen LogP contribution in [0.3, 0.4) is 0 Å². The minimum absolute atomic E-state index is 0.136. The first-order valence-electron chi connectivity index (χ1n) is 9.78. The summed E-state index contributed by atoms with van der Waals surface area (Å²) >= 11 is 0. The van der Waals surface area contributed by atoms with Crippen molar-refractivity contribution in [3.05, 3.63) is 96.8 Å². The quantitative estimate of drug-likeness (QED) is 0.666. The topological polar surface area (TPSA) is 90.6 Å². The largest absolute Gasteiger partial charge is 0.434 e. The number of amides is 1. The molecule has 1 aromatic heterocycles. The number of carbonyl (C=O) groups excluding carboxylic acids is 1. The molecule has 0 bridgehead atoms. The highest BCUT2D eigenvalue weighted by Gasteiger charge is 2.32. The van der Waals surface area contributed by atoms with Gasteiger partial charge in [-0.3, -0.25) is 4.79 Å². The summed E-state index contributed by atoms with van der Waals surface area (Å²) in [6.45, 7) is 10.2. The smallest absolute Gasteiger partial charge is 0.294 e. The predicted octanol–water partition coefficient (Wildman–Crippen LogP) is 4.13. The lowest BCUT2D eigenvalue weighted by molar-refractivity contribution is 0.102. The maximum atomic E-state index is 14.8. The summed E-state index contributed by atoms with van der Waals surface area (Å²) in [4.78, 5) is 22.9. The number of halogens is 1. The number of hydrogen-bond donors (Lipinski definition) is 1. The van der Waals surface area contributed by atoms with E-state index in [4.69, 9.17) is 10.00 Å². The molecule has 1 N–H and O–H groups in total. The van der Waals surface area contributed by atoms with Crippen LogP contribution >= 0.6 is 0 Å². The van der Waals surface area contributed by atoms with E-state index >= 15 is 0 Å². The van der Waals surface area contributed by atoms with Crippen LogP contribution in [0.2, 0.25) is 0 Å². The van der Waals surface area contributed by atoms with Crippen LogP contribution in [0.25, 0.3) is 0 Å². The van der Waals surface area contributed by atoms with Gasteiger partial charge in [0.15, 0.2) is 0 Å². The lowest BCUT2D eigenvalue weighted by atomic mass is 9.91. The molecule has 1 aliphatic heterocycles. The molecule has 0 saturated carbocycles. The van der Waals surface area contributed by atoms with Crippen LogP contribution in [0.15, 0.2) is 79.2 Å². The van der Waals surface area contributed by atoms with E-state index in [0.29, 0.717) is 30.4 Å². The molecule has 3 rings (SSSR count). The Morgan fingerprint density at radius 3 is 2.69 bits per heavy atom. The van der Waals surface area contributed by atoms with Gasteiger partial charge in [-0.25, -0.2) is 14.4 Å². The van der Waals surface area contributed by atoms with Crippen molar-refractivity contribution in [1.82, 2.24) is 9.88 Å². The first-order chi connectivity index (χ1) is 15.4. The number of ether oxygens (including phenoxy) is 1. The van der Waals surface area contributed by atoms with E-state index in [0.717, 1.165) is 0 Å². The Bertz CT molecular complexity index is 1120. The number of anilines is 1. The average Bonchev–Trinajstić information content (AvgIpc) is 2.80. The Morgan fingerprint density at radius 2 is 2.06 bits per heavy atom. The highest BCUT2D eigenvalue weighted by atomic mass is 19.1. The SMILES string of the molecule is C=CCN(CC=C)C1=N[C@](C)(c2cc(NC(=O)c3ccc(C#N)cn3)ccc2F)C=CO1. The zero-order valence-corrected chi connectivity index (χ0v) is 17.6. The minimum atomic E-state index is -1.06. The monoisotopic (exact) mass is 431 g/mol. The molecule has 0 fully saturated rings. The van der Waals surface area contributed by atoms with Crippen molar-refractivity contribution >= 4 is 17.6 Å². The Labute approximate surface area is 185 Å². The van der Waals surface area contributed by atoms with E-state index in [-0.39, 0.29) is 11.3 Å². The van der Waals surface area contributed by atoms with E-state index in [1.54, 1.807) is 25.2 Å². The molecule has 1 aliphatic rings. The summed E-state index contributed by atoms with van der Waals surface area (Å²) in [5.41, 5.74) is 0.0603. The van der Waals surface area contributed by atoms with Crippen molar-refractivity contribution in [3.63, 3.8) is 0 Å². The number of carbonyl (C=O) groups is 1. The second kappa shape index (κ2) is 9.71. The number of benzene rings is 1. The maximum absolute atomic E-state index is 14.8. The lowest BCUT2D eigenvalue weighted by Gasteiger charge is -2.31. The number of aliphatic imine (C=N–C) groups is 1. The normalized spacial score (nSPS) is 16.8. The molecule has 0 unspecified atom stereocenters. The zero-order valence-electron chi connectivity index (χ0n) is 17.6. The lowest BCUT2D eigenvalue weighted by Crippen LogP contribution is -2.37.